The number of rotatable bonds is 13. The molecule has 0 fully saturated rings. The van der Waals surface area contributed by atoms with E-state index < -0.39 is 21.6 Å². The first-order valence-electron chi connectivity index (χ1n) is 10.2. The Hall–Kier alpha value is -3.86. The normalized spacial score (nSPS) is 11.4. The summed E-state index contributed by atoms with van der Waals surface area (Å²) in [5.41, 5.74) is 0.955. The van der Waals surface area contributed by atoms with Crippen molar-refractivity contribution in [1.82, 2.24) is 4.72 Å². The highest BCUT2D eigenvalue weighted by Crippen LogP contribution is 2.36. The van der Waals surface area contributed by atoms with E-state index in [-0.39, 0.29) is 0 Å². The van der Waals surface area contributed by atoms with Gasteiger partial charge in [0.1, 0.15) is 40.2 Å². The lowest BCUT2D eigenvalue weighted by atomic mass is 10.1. The fourth-order valence-corrected chi connectivity index (χ4v) is 3.90. The molecular formula is C24H29NO9S. The molecular weight excluding hydrogens is 478 g/mol. The number of carbonyl (C=O) groups is 1. The van der Waals surface area contributed by atoms with Crippen LogP contribution in [-0.2, 0) is 14.8 Å². The summed E-state index contributed by atoms with van der Waals surface area (Å²) >= 11 is 0. The first-order chi connectivity index (χ1) is 16.7. The number of hydrogen-bond donors (Lipinski definition) is 1. The number of hydrogen-bond acceptors (Lipinski definition) is 9. The SMILES string of the molecule is COc1cc(OC)c(/C=C\NS(=O)(=O)CC(=O)/C=C\c2c(OC)cc(OC)cc2OC)c(OC)c1. The Kier molecular flexibility index (Phi) is 9.83. The minimum atomic E-state index is -3.98. The Labute approximate surface area is 205 Å². The van der Waals surface area contributed by atoms with Crippen molar-refractivity contribution < 1.29 is 41.6 Å². The van der Waals surface area contributed by atoms with Gasteiger partial charge in [-0.1, -0.05) is 0 Å². The topological polar surface area (TPSA) is 119 Å². The monoisotopic (exact) mass is 507 g/mol. The molecule has 10 nitrogen and oxygen atoms in total. The predicted octanol–water partition coefficient (Wildman–Crippen LogP) is 2.91. The van der Waals surface area contributed by atoms with Crippen LogP contribution in [-0.4, -0.2) is 62.6 Å². The minimum Gasteiger partial charge on any atom is -0.496 e. The number of allylic oxidation sites excluding steroid dienone is 1. The molecule has 35 heavy (non-hydrogen) atoms. The lowest BCUT2D eigenvalue weighted by molar-refractivity contribution is -0.112. The Balaban J connectivity index is 2.16. The van der Waals surface area contributed by atoms with Crippen LogP contribution in [0.4, 0.5) is 0 Å². The van der Waals surface area contributed by atoms with E-state index in [4.69, 9.17) is 28.4 Å². The Morgan fingerprint density at radius 3 is 1.49 bits per heavy atom. The fraction of sp³-hybridized carbons (Fsp3) is 0.292. The average molecular weight is 508 g/mol. The molecule has 0 aromatic heterocycles. The second-order valence-corrected chi connectivity index (χ2v) is 8.65. The van der Waals surface area contributed by atoms with Gasteiger partial charge in [0.15, 0.2) is 5.78 Å². The molecule has 2 rings (SSSR count). The number of nitrogens with one attached hydrogen (secondary N) is 1. The van der Waals surface area contributed by atoms with Crippen molar-refractivity contribution in [2.24, 2.45) is 0 Å². The van der Waals surface area contributed by atoms with Gasteiger partial charge in [-0.2, -0.15) is 0 Å². The molecule has 190 valence electrons. The van der Waals surface area contributed by atoms with Crippen LogP contribution in [0.15, 0.2) is 36.5 Å². The zero-order valence-corrected chi connectivity index (χ0v) is 21.2. The van der Waals surface area contributed by atoms with E-state index in [2.05, 4.69) is 4.72 Å². The van der Waals surface area contributed by atoms with Gasteiger partial charge in [0.05, 0.1) is 53.8 Å². The van der Waals surface area contributed by atoms with Crippen LogP contribution < -0.4 is 33.1 Å². The Bertz CT molecular complexity index is 1150. The van der Waals surface area contributed by atoms with Crippen LogP contribution in [0.5, 0.6) is 34.5 Å². The molecule has 0 aliphatic carbocycles. The zero-order chi connectivity index (χ0) is 26.0. The molecule has 2 aromatic rings. The third-order valence-corrected chi connectivity index (χ3v) is 5.93. The molecule has 0 unspecified atom stereocenters. The molecule has 0 saturated heterocycles. The Morgan fingerprint density at radius 2 is 1.11 bits per heavy atom. The zero-order valence-electron chi connectivity index (χ0n) is 20.4. The minimum absolute atomic E-state index is 0.400. The number of sulfonamides is 1. The van der Waals surface area contributed by atoms with Gasteiger partial charge in [0.25, 0.3) is 0 Å². The number of ketones is 1. The highest BCUT2D eigenvalue weighted by molar-refractivity contribution is 7.90. The van der Waals surface area contributed by atoms with Crippen molar-refractivity contribution >= 4 is 28.0 Å². The summed E-state index contributed by atoms with van der Waals surface area (Å²) in [5, 5.41) is 0. The van der Waals surface area contributed by atoms with Gasteiger partial charge in [-0.3, -0.25) is 9.52 Å². The van der Waals surface area contributed by atoms with Crippen molar-refractivity contribution in [3.63, 3.8) is 0 Å². The van der Waals surface area contributed by atoms with Gasteiger partial charge in [-0.25, -0.2) is 8.42 Å². The van der Waals surface area contributed by atoms with Gasteiger partial charge in [-0.15, -0.1) is 0 Å². The first-order valence-corrected chi connectivity index (χ1v) is 11.8. The summed E-state index contributed by atoms with van der Waals surface area (Å²) in [6.07, 6.45) is 5.22. The van der Waals surface area contributed by atoms with Crippen LogP contribution in [0.1, 0.15) is 11.1 Å². The molecule has 1 N–H and O–H groups in total. The lowest BCUT2D eigenvalue weighted by Gasteiger charge is -2.12. The molecule has 0 aliphatic rings. The summed E-state index contributed by atoms with van der Waals surface area (Å²) in [4.78, 5) is 12.4. The highest BCUT2D eigenvalue weighted by atomic mass is 32.2. The molecule has 0 saturated carbocycles. The highest BCUT2D eigenvalue weighted by Gasteiger charge is 2.16. The Morgan fingerprint density at radius 1 is 0.714 bits per heavy atom. The maximum atomic E-state index is 12.4. The molecule has 0 aliphatic heterocycles. The molecule has 0 radical (unpaired) electrons. The standard InChI is InChI=1S/C24H29NO9S/c1-29-17-11-21(31-3)19(22(12-17)32-4)8-7-16(26)15-35(27,28)25-10-9-20-23(33-5)13-18(30-2)14-24(20)34-6/h7-14,25H,15H2,1-6H3/b8-7-,10-9-. The number of ether oxygens (including phenoxy) is 6. The third-order valence-electron chi connectivity index (χ3n) is 4.77. The molecule has 0 bridgehead atoms. The smallest absolute Gasteiger partial charge is 0.239 e. The van der Waals surface area contributed by atoms with E-state index in [1.165, 1.54) is 61.0 Å². The second kappa shape index (κ2) is 12.6. The number of methoxy groups -OCH3 is 6. The quantitative estimate of drug-likeness (QED) is 0.408. The summed E-state index contributed by atoms with van der Waals surface area (Å²) in [5.74, 6) is 1.23. The number of benzene rings is 2. The maximum absolute atomic E-state index is 12.4. The predicted molar refractivity (Wildman–Crippen MR) is 132 cm³/mol. The van der Waals surface area contributed by atoms with Crippen molar-refractivity contribution in [2.45, 2.75) is 0 Å². The molecule has 2 aromatic carbocycles. The van der Waals surface area contributed by atoms with E-state index >= 15 is 0 Å². The van der Waals surface area contributed by atoms with Crippen molar-refractivity contribution in [3.05, 3.63) is 47.7 Å². The van der Waals surface area contributed by atoms with Gasteiger partial charge in [0.2, 0.25) is 10.0 Å². The van der Waals surface area contributed by atoms with Crippen LogP contribution in [0.25, 0.3) is 12.2 Å². The largest absolute Gasteiger partial charge is 0.496 e. The third kappa shape index (κ3) is 7.31. The van der Waals surface area contributed by atoms with E-state index in [1.54, 1.807) is 24.3 Å². The van der Waals surface area contributed by atoms with E-state index in [9.17, 15) is 13.2 Å². The molecule has 0 spiro atoms. The van der Waals surface area contributed by atoms with Crippen molar-refractivity contribution in [2.75, 3.05) is 48.4 Å². The van der Waals surface area contributed by atoms with Crippen LogP contribution >= 0.6 is 0 Å². The lowest BCUT2D eigenvalue weighted by Crippen LogP contribution is -2.25. The molecule has 11 heteroatoms. The first kappa shape index (κ1) is 27.4. The fourth-order valence-electron chi connectivity index (χ4n) is 3.07. The van der Waals surface area contributed by atoms with Gasteiger partial charge < -0.3 is 28.4 Å². The van der Waals surface area contributed by atoms with Crippen LogP contribution in [0, 0.1) is 0 Å². The van der Waals surface area contributed by atoms with Crippen LogP contribution in [0.2, 0.25) is 0 Å². The summed E-state index contributed by atoms with van der Waals surface area (Å²) in [7, 11) is 4.88. The van der Waals surface area contributed by atoms with Gasteiger partial charge in [0, 0.05) is 30.5 Å². The molecule has 0 heterocycles. The van der Waals surface area contributed by atoms with Crippen molar-refractivity contribution in [1.29, 1.82) is 0 Å². The van der Waals surface area contributed by atoms with E-state index in [0.29, 0.717) is 45.6 Å². The van der Waals surface area contributed by atoms with E-state index in [0.717, 1.165) is 6.08 Å². The summed E-state index contributed by atoms with van der Waals surface area (Å²) < 4.78 is 58.8. The van der Waals surface area contributed by atoms with E-state index in [1.807, 2.05) is 0 Å². The summed E-state index contributed by atoms with van der Waals surface area (Å²) in [6, 6.07) is 6.51. The number of carbonyl (C=O) groups excluding carboxylic acids is 1. The van der Waals surface area contributed by atoms with Crippen LogP contribution in [0.3, 0.4) is 0 Å². The molecule has 0 amide bonds. The second-order valence-electron chi connectivity index (χ2n) is 6.90. The summed E-state index contributed by atoms with van der Waals surface area (Å²) in [6.45, 7) is 0. The van der Waals surface area contributed by atoms with Gasteiger partial charge in [-0.05, 0) is 18.2 Å². The maximum Gasteiger partial charge on any atom is 0.239 e. The average Bonchev–Trinajstić information content (AvgIpc) is 2.86. The van der Waals surface area contributed by atoms with Gasteiger partial charge >= 0.3 is 0 Å². The van der Waals surface area contributed by atoms with Crippen molar-refractivity contribution in [3.8, 4) is 34.5 Å². The molecule has 0 atom stereocenters.